The molecule has 1 atom stereocenters. The van der Waals surface area contributed by atoms with Crippen LogP contribution in [0.3, 0.4) is 0 Å². The first kappa shape index (κ1) is 16.9. The number of allylic oxidation sites excluding steroid dienone is 1. The standard InChI is InChI=1S/C21H22N6O/c1-13-4-2-3-9-27(13)19-12-23-11-18(24-19)16-8-7-14-5-6-15(10-17(14)16)20-25-26-21(22)28-20/h5-6,8,10-13H,2-4,7,9H2,1H3,(H2,22,26). The number of nitrogens with two attached hydrogens (primary N) is 1. The summed E-state index contributed by atoms with van der Waals surface area (Å²) >= 11 is 0. The number of aromatic nitrogens is 4. The summed E-state index contributed by atoms with van der Waals surface area (Å²) in [5.74, 6) is 1.38. The Morgan fingerprint density at radius 1 is 1.18 bits per heavy atom. The minimum absolute atomic E-state index is 0.0699. The van der Waals surface area contributed by atoms with Gasteiger partial charge in [-0.2, -0.15) is 0 Å². The molecule has 142 valence electrons. The molecule has 7 nitrogen and oxygen atoms in total. The third-order valence-corrected chi connectivity index (χ3v) is 5.61. The van der Waals surface area contributed by atoms with Gasteiger partial charge in [-0.05, 0) is 55.9 Å². The van der Waals surface area contributed by atoms with Gasteiger partial charge in [0.25, 0.3) is 0 Å². The van der Waals surface area contributed by atoms with Crippen molar-refractivity contribution in [3.8, 4) is 11.5 Å². The van der Waals surface area contributed by atoms with Crippen LogP contribution in [0.4, 0.5) is 11.8 Å². The van der Waals surface area contributed by atoms with Crippen molar-refractivity contribution in [1.82, 2.24) is 20.2 Å². The van der Waals surface area contributed by atoms with E-state index < -0.39 is 0 Å². The zero-order valence-corrected chi connectivity index (χ0v) is 15.8. The monoisotopic (exact) mass is 374 g/mol. The zero-order valence-electron chi connectivity index (χ0n) is 15.8. The van der Waals surface area contributed by atoms with E-state index in [9.17, 15) is 0 Å². The number of fused-ring (bicyclic) bond motifs is 1. The molecular weight excluding hydrogens is 352 g/mol. The van der Waals surface area contributed by atoms with Crippen molar-refractivity contribution in [2.75, 3.05) is 17.2 Å². The molecule has 3 aromatic rings. The molecule has 2 N–H and O–H groups in total. The third kappa shape index (κ3) is 2.93. The van der Waals surface area contributed by atoms with E-state index in [2.05, 4.69) is 45.2 Å². The van der Waals surface area contributed by atoms with Crippen molar-refractivity contribution in [3.05, 3.63) is 53.5 Å². The van der Waals surface area contributed by atoms with Crippen LogP contribution in [0.5, 0.6) is 0 Å². The predicted molar refractivity (Wildman–Crippen MR) is 108 cm³/mol. The SMILES string of the molecule is CC1CCCCN1c1cncc(C2=CCc3ccc(-c4nnc(N)o4)cc32)n1. The fourth-order valence-electron chi connectivity index (χ4n) is 4.12. The van der Waals surface area contributed by atoms with Crippen LogP contribution in [0.25, 0.3) is 17.0 Å². The minimum Gasteiger partial charge on any atom is -0.404 e. The Bertz CT molecular complexity index is 1060. The molecule has 28 heavy (non-hydrogen) atoms. The van der Waals surface area contributed by atoms with Gasteiger partial charge in [0.15, 0.2) is 0 Å². The number of benzene rings is 1. The maximum Gasteiger partial charge on any atom is 0.313 e. The second-order valence-electron chi connectivity index (χ2n) is 7.44. The predicted octanol–water partition coefficient (Wildman–Crippen LogP) is 3.48. The highest BCUT2D eigenvalue weighted by Gasteiger charge is 2.23. The lowest BCUT2D eigenvalue weighted by molar-refractivity contribution is 0.480. The Hall–Kier alpha value is -3.22. The average Bonchev–Trinajstić information content (AvgIpc) is 3.34. The smallest absolute Gasteiger partial charge is 0.313 e. The molecular formula is C21H22N6O. The van der Waals surface area contributed by atoms with Crippen molar-refractivity contribution < 1.29 is 4.42 Å². The molecule has 7 heteroatoms. The number of piperidine rings is 1. The summed E-state index contributed by atoms with van der Waals surface area (Å²) in [5.41, 5.74) is 10.8. The van der Waals surface area contributed by atoms with Gasteiger partial charge >= 0.3 is 6.01 Å². The maximum absolute atomic E-state index is 5.57. The van der Waals surface area contributed by atoms with Crippen molar-refractivity contribution in [1.29, 1.82) is 0 Å². The molecule has 1 unspecified atom stereocenters. The van der Waals surface area contributed by atoms with Crippen LogP contribution in [0.2, 0.25) is 0 Å². The number of nitrogen functional groups attached to an aromatic ring is 1. The Morgan fingerprint density at radius 3 is 2.93 bits per heavy atom. The summed E-state index contributed by atoms with van der Waals surface area (Å²) in [5, 5.41) is 7.75. The molecule has 0 saturated carbocycles. The average molecular weight is 374 g/mol. The lowest BCUT2D eigenvalue weighted by Crippen LogP contribution is -2.38. The van der Waals surface area contributed by atoms with Crippen LogP contribution < -0.4 is 10.6 Å². The normalized spacial score (nSPS) is 18.8. The second-order valence-corrected chi connectivity index (χ2v) is 7.44. The number of anilines is 2. The van der Waals surface area contributed by atoms with Crippen molar-refractivity contribution in [2.45, 2.75) is 38.6 Å². The third-order valence-electron chi connectivity index (χ3n) is 5.61. The number of hydrogen-bond donors (Lipinski definition) is 1. The highest BCUT2D eigenvalue weighted by molar-refractivity contribution is 5.85. The molecule has 1 aliphatic heterocycles. The highest BCUT2D eigenvalue weighted by atomic mass is 16.4. The number of nitrogens with zero attached hydrogens (tertiary/aromatic N) is 5. The molecule has 1 aromatic carbocycles. The lowest BCUT2D eigenvalue weighted by atomic mass is 10.0. The van der Waals surface area contributed by atoms with E-state index in [1.807, 2.05) is 18.5 Å². The molecule has 0 bridgehead atoms. The summed E-state index contributed by atoms with van der Waals surface area (Å²) in [6, 6.07) is 6.72. The van der Waals surface area contributed by atoms with Gasteiger partial charge < -0.3 is 15.1 Å². The minimum atomic E-state index is 0.0699. The number of rotatable bonds is 3. The number of hydrogen-bond acceptors (Lipinski definition) is 7. The van der Waals surface area contributed by atoms with Crippen molar-refractivity contribution >= 4 is 17.4 Å². The van der Waals surface area contributed by atoms with E-state index >= 15 is 0 Å². The molecule has 2 aromatic heterocycles. The molecule has 0 spiro atoms. The molecule has 1 aliphatic carbocycles. The first-order valence-electron chi connectivity index (χ1n) is 9.71. The van der Waals surface area contributed by atoms with E-state index in [1.54, 1.807) is 0 Å². The van der Waals surface area contributed by atoms with E-state index in [0.29, 0.717) is 11.9 Å². The second kappa shape index (κ2) is 6.74. The molecule has 0 amide bonds. The Morgan fingerprint density at radius 2 is 2.11 bits per heavy atom. The van der Waals surface area contributed by atoms with Gasteiger partial charge in [-0.1, -0.05) is 17.2 Å². The van der Waals surface area contributed by atoms with Crippen LogP contribution >= 0.6 is 0 Å². The van der Waals surface area contributed by atoms with Gasteiger partial charge in [0.1, 0.15) is 5.82 Å². The van der Waals surface area contributed by atoms with E-state index in [1.165, 1.54) is 24.8 Å². The quantitative estimate of drug-likeness (QED) is 0.750. The van der Waals surface area contributed by atoms with Crippen LogP contribution in [0.1, 0.15) is 43.0 Å². The van der Waals surface area contributed by atoms with E-state index in [4.69, 9.17) is 15.1 Å². The summed E-state index contributed by atoms with van der Waals surface area (Å²) in [6.45, 7) is 3.30. The largest absolute Gasteiger partial charge is 0.404 e. The highest BCUT2D eigenvalue weighted by Crippen LogP contribution is 2.35. The van der Waals surface area contributed by atoms with Gasteiger partial charge in [0.05, 0.1) is 18.1 Å². The Labute approximate surface area is 163 Å². The first-order valence-corrected chi connectivity index (χ1v) is 9.71. The first-order chi connectivity index (χ1) is 13.7. The fraction of sp³-hybridized carbons (Fsp3) is 0.333. The molecule has 0 radical (unpaired) electrons. The lowest BCUT2D eigenvalue weighted by Gasteiger charge is -2.34. The summed E-state index contributed by atoms with van der Waals surface area (Å²) in [6.07, 6.45) is 10.5. The van der Waals surface area contributed by atoms with Crippen LogP contribution in [-0.2, 0) is 6.42 Å². The van der Waals surface area contributed by atoms with Gasteiger partial charge in [-0.25, -0.2) is 4.98 Å². The molecule has 2 aliphatic rings. The summed E-state index contributed by atoms with van der Waals surface area (Å²) in [4.78, 5) is 11.8. The van der Waals surface area contributed by atoms with Crippen molar-refractivity contribution in [3.63, 3.8) is 0 Å². The summed E-state index contributed by atoms with van der Waals surface area (Å²) in [7, 11) is 0. The van der Waals surface area contributed by atoms with Gasteiger partial charge in [0.2, 0.25) is 5.89 Å². The van der Waals surface area contributed by atoms with Crippen LogP contribution in [-0.4, -0.2) is 32.8 Å². The topological polar surface area (TPSA) is 94.0 Å². The zero-order chi connectivity index (χ0) is 19.1. The molecule has 1 saturated heterocycles. The van der Waals surface area contributed by atoms with E-state index in [-0.39, 0.29) is 6.01 Å². The van der Waals surface area contributed by atoms with E-state index in [0.717, 1.165) is 41.2 Å². The maximum atomic E-state index is 5.57. The van der Waals surface area contributed by atoms with Crippen LogP contribution in [0.15, 0.2) is 41.1 Å². The van der Waals surface area contributed by atoms with Gasteiger partial charge in [0, 0.05) is 23.7 Å². The summed E-state index contributed by atoms with van der Waals surface area (Å²) < 4.78 is 5.38. The molecule has 3 heterocycles. The fourth-order valence-corrected chi connectivity index (χ4v) is 4.12. The molecule has 1 fully saturated rings. The van der Waals surface area contributed by atoms with Gasteiger partial charge in [-0.15, -0.1) is 5.10 Å². The Balaban J connectivity index is 1.50. The van der Waals surface area contributed by atoms with Crippen LogP contribution in [0, 0.1) is 0 Å². The Kier molecular flexibility index (Phi) is 4.07. The van der Waals surface area contributed by atoms with Crippen molar-refractivity contribution in [2.24, 2.45) is 0 Å². The molecule has 5 rings (SSSR count). The van der Waals surface area contributed by atoms with Gasteiger partial charge in [-0.3, -0.25) is 4.98 Å².